The number of methoxy groups -OCH3 is 2. The van der Waals surface area contributed by atoms with Gasteiger partial charge in [0.1, 0.15) is 16.2 Å². The molecule has 7 heteroatoms. The standard InChI is InChI=1S/C17H20N4O2S/c1-9-8-24-17(18-9)10(2)19-13-7-6-12-14(15(13)22-4)16(23-5)21-11(3)20-12/h6-8,10,19H,1-5H3. The van der Waals surface area contributed by atoms with Crippen molar-refractivity contribution in [3.63, 3.8) is 0 Å². The molecule has 0 aliphatic rings. The van der Waals surface area contributed by atoms with E-state index < -0.39 is 0 Å². The minimum Gasteiger partial charge on any atom is -0.494 e. The molecule has 1 unspecified atom stereocenters. The molecule has 0 bridgehead atoms. The summed E-state index contributed by atoms with van der Waals surface area (Å²) < 4.78 is 11.1. The van der Waals surface area contributed by atoms with Crippen molar-refractivity contribution in [1.29, 1.82) is 0 Å². The normalized spacial score (nSPS) is 12.2. The number of nitrogens with zero attached hydrogens (tertiary/aromatic N) is 3. The fourth-order valence-electron chi connectivity index (χ4n) is 2.61. The molecule has 1 aromatic carbocycles. The lowest BCUT2D eigenvalue weighted by atomic mass is 10.1. The van der Waals surface area contributed by atoms with Gasteiger partial charge in [0, 0.05) is 11.1 Å². The smallest absolute Gasteiger partial charge is 0.228 e. The Morgan fingerprint density at radius 2 is 1.88 bits per heavy atom. The third-order valence-corrected chi connectivity index (χ3v) is 4.82. The van der Waals surface area contributed by atoms with Crippen molar-refractivity contribution >= 4 is 27.9 Å². The highest BCUT2D eigenvalue weighted by Crippen LogP contribution is 2.39. The van der Waals surface area contributed by atoms with Crippen LogP contribution in [0.5, 0.6) is 11.6 Å². The van der Waals surface area contributed by atoms with Crippen LogP contribution in [-0.4, -0.2) is 29.2 Å². The van der Waals surface area contributed by atoms with E-state index in [0.29, 0.717) is 17.5 Å². The second-order valence-electron chi connectivity index (χ2n) is 5.51. The Labute approximate surface area is 144 Å². The number of thiazole rings is 1. The first-order valence-electron chi connectivity index (χ1n) is 7.61. The first kappa shape index (κ1) is 16.4. The van der Waals surface area contributed by atoms with Gasteiger partial charge in [-0.3, -0.25) is 0 Å². The molecule has 0 saturated heterocycles. The Morgan fingerprint density at radius 3 is 2.50 bits per heavy atom. The molecule has 3 rings (SSSR count). The molecule has 1 N–H and O–H groups in total. The van der Waals surface area contributed by atoms with Gasteiger partial charge in [-0.25, -0.2) is 9.97 Å². The van der Waals surface area contributed by atoms with E-state index in [2.05, 4.69) is 27.2 Å². The third-order valence-electron chi connectivity index (χ3n) is 3.67. The molecular formula is C17H20N4O2S. The third kappa shape index (κ3) is 2.99. The summed E-state index contributed by atoms with van der Waals surface area (Å²) in [6.07, 6.45) is 0. The lowest BCUT2D eigenvalue weighted by Gasteiger charge is -2.18. The number of ether oxygens (including phenoxy) is 2. The van der Waals surface area contributed by atoms with Gasteiger partial charge in [0.25, 0.3) is 0 Å². The highest BCUT2D eigenvalue weighted by atomic mass is 32.1. The molecule has 0 radical (unpaired) electrons. The predicted molar refractivity (Wildman–Crippen MR) is 96.3 cm³/mol. The van der Waals surface area contributed by atoms with Crippen LogP contribution in [0, 0.1) is 13.8 Å². The van der Waals surface area contributed by atoms with E-state index in [9.17, 15) is 0 Å². The van der Waals surface area contributed by atoms with E-state index in [1.807, 2.05) is 31.4 Å². The summed E-state index contributed by atoms with van der Waals surface area (Å²) in [5.41, 5.74) is 2.68. The average Bonchev–Trinajstić information content (AvgIpc) is 3.00. The number of aryl methyl sites for hydroxylation is 2. The van der Waals surface area contributed by atoms with Gasteiger partial charge in [-0.2, -0.15) is 4.98 Å². The summed E-state index contributed by atoms with van der Waals surface area (Å²) in [5.74, 6) is 1.84. The van der Waals surface area contributed by atoms with Gasteiger partial charge < -0.3 is 14.8 Å². The van der Waals surface area contributed by atoms with Crippen LogP contribution in [0.4, 0.5) is 5.69 Å². The predicted octanol–water partition coefficient (Wildman–Crippen LogP) is 3.89. The number of anilines is 1. The summed E-state index contributed by atoms with van der Waals surface area (Å²) >= 11 is 1.64. The van der Waals surface area contributed by atoms with Crippen LogP contribution in [0.25, 0.3) is 10.9 Å². The van der Waals surface area contributed by atoms with Gasteiger partial charge in [0.2, 0.25) is 5.88 Å². The van der Waals surface area contributed by atoms with Gasteiger partial charge in [-0.05, 0) is 32.9 Å². The highest BCUT2D eigenvalue weighted by molar-refractivity contribution is 7.09. The van der Waals surface area contributed by atoms with Crippen molar-refractivity contribution < 1.29 is 9.47 Å². The molecule has 2 aromatic heterocycles. The summed E-state index contributed by atoms with van der Waals surface area (Å²) in [7, 11) is 3.24. The largest absolute Gasteiger partial charge is 0.494 e. The molecule has 0 fully saturated rings. The number of hydrogen-bond donors (Lipinski definition) is 1. The van der Waals surface area contributed by atoms with Crippen LogP contribution in [-0.2, 0) is 0 Å². The van der Waals surface area contributed by atoms with Crippen molar-refractivity contribution in [2.75, 3.05) is 19.5 Å². The molecule has 0 spiro atoms. The summed E-state index contributed by atoms with van der Waals surface area (Å²) in [6, 6.07) is 3.97. The molecule has 0 amide bonds. The molecule has 0 aliphatic carbocycles. The highest BCUT2D eigenvalue weighted by Gasteiger charge is 2.18. The first-order chi connectivity index (χ1) is 11.5. The van der Waals surface area contributed by atoms with E-state index >= 15 is 0 Å². The van der Waals surface area contributed by atoms with Crippen molar-refractivity contribution in [3.05, 3.63) is 34.0 Å². The van der Waals surface area contributed by atoms with Crippen LogP contribution in [0.3, 0.4) is 0 Å². The Morgan fingerprint density at radius 1 is 1.08 bits per heavy atom. The summed E-state index contributed by atoms with van der Waals surface area (Å²) in [4.78, 5) is 13.4. The number of fused-ring (bicyclic) bond motifs is 1. The molecule has 0 saturated carbocycles. The Hall–Kier alpha value is -2.41. The zero-order chi connectivity index (χ0) is 17.3. The second-order valence-corrected chi connectivity index (χ2v) is 6.40. The first-order valence-corrected chi connectivity index (χ1v) is 8.49. The number of nitrogens with one attached hydrogen (secondary N) is 1. The lowest BCUT2D eigenvalue weighted by Crippen LogP contribution is -2.08. The minimum absolute atomic E-state index is 0.0624. The monoisotopic (exact) mass is 344 g/mol. The van der Waals surface area contributed by atoms with E-state index in [1.165, 1.54) is 0 Å². The zero-order valence-electron chi connectivity index (χ0n) is 14.4. The molecule has 2 heterocycles. The molecular weight excluding hydrogens is 324 g/mol. The van der Waals surface area contributed by atoms with E-state index in [-0.39, 0.29) is 6.04 Å². The van der Waals surface area contributed by atoms with Gasteiger partial charge in [0.15, 0.2) is 5.75 Å². The molecule has 126 valence electrons. The van der Waals surface area contributed by atoms with Gasteiger partial charge >= 0.3 is 0 Å². The Bertz CT molecular complexity index is 878. The van der Waals surface area contributed by atoms with Crippen molar-refractivity contribution in [2.45, 2.75) is 26.8 Å². The van der Waals surface area contributed by atoms with Crippen molar-refractivity contribution in [2.24, 2.45) is 0 Å². The molecule has 3 aromatic rings. The zero-order valence-corrected chi connectivity index (χ0v) is 15.2. The topological polar surface area (TPSA) is 69.2 Å². The van der Waals surface area contributed by atoms with Crippen molar-refractivity contribution in [3.8, 4) is 11.6 Å². The molecule has 24 heavy (non-hydrogen) atoms. The van der Waals surface area contributed by atoms with E-state index in [1.54, 1.807) is 25.6 Å². The van der Waals surface area contributed by atoms with Crippen LogP contribution in [0.15, 0.2) is 17.5 Å². The molecule has 1 atom stereocenters. The number of hydrogen-bond acceptors (Lipinski definition) is 7. The van der Waals surface area contributed by atoms with Gasteiger partial charge in [-0.15, -0.1) is 11.3 Å². The Kier molecular flexibility index (Phi) is 4.53. The number of benzene rings is 1. The quantitative estimate of drug-likeness (QED) is 0.757. The van der Waals surface area contributed by atoms with Gasteiger partial charge in [0.05, 0.1) is 31.5 Å². The summed E-state index contributed by atoms with van der Waals surface area (Å²) in [5, 5.41) is 7.30. The number of rotatable bonds is 5. The van der Waals surface area contributed by atoms with E-state index in [0.717, 1.165) is 27.3 Å². The summed E-state index contributed by atoms with van der Waals surface area (Å²) in [6.45, 7) is 5.91. The van der Waals surface area contributed by atoms with Crippen LogP contribution in [0.1, 0.15) is 29.5 Å². The van der Waals surface area contributed by atoms with Crippen LogP contribution >= 0.6 is 11.3 Å². The average molecular weight is 344 g/mol. The second kappa shape index (κ2) is 6.60. The fraction of sp³-hybridized carbons (Fsp3) is 0.353. The maximum absolute atomic E-state index is 5.64. The minimum atomic E-state index is 0.0624. The number of aromatic nitrogens is 3. The van der Waals surface area contributed by atoms with Crippen LogP contribution < -0.4 is 14.8 Å². The van der Waals surface area contributed by atoms with Gasteiger partial charge in [-0.1, -0.05) is 0 Å². The molecule has 6 nitrogen and oxygen atoms in total. The van der Waals surface area contributed by atoms with Crippen molar-refractivity contribution in [1.82, 2.24) is 15.0 Å². The Balaban J connectivity index is 2.06. The lowest BCUT2D eigenvalue weighted by molar-refractivity contribution is 0.393. The maximum Gasteiger partial charge on any atom is 0.228 e. The van der Waals surface area contributed by atoms with E-state index in [4.69, 9.17) is 9.47 Å². The molecule has 0 aliphatic heterocycles. The fourth-order valence-corrected chi connectivity index (χ4v) is 3.42. The van der Waals surface area contributed by atoms with Crippen LogP contribution in [0.2, 0.25) is 0 Å². The SMILES string of the molecule is COc1nc(C)nc2ccc(NC(C)c3nc(C)cs3)c(OC)c12. The maximum atomic E-state index is 5.64.